The highest BCUT2D eigenvalue weighted by Crippen LogP contribution is 2.48. The molecule has 1 N–H and O–H groups in total. The summed E-state index contributed by atoms with van der Waals surface area (Å²) in [6.07, 6.45) is 11.3. The first-order valence-electron chi connectivity index (χ1n) is 16.3. The van der Waals surface area contributed by atoms with E-state index in [0.717, 1.165) is 57.0 Å². The van der Waals surface area contributed by atoms with Crippen LogP contribution in [-0.2, 0) is 6.54 Å². The van der Waals surface area contributed by atoms with E-state index in [1.54, 1.807) is 6.07 Å². The summed E-state index contributed by atoms with van der Waals surface area (Å²) in [5.74, 6) is 0.578. The zero-order valence-corrected chi connectivity index (χ0v) is 25.6. The van der Waals surface area contributed by atoms with Crippen molar-refractivity contribution in [2.45, 2.75) is 70.3 Å². The number of likely N-dealkylation sites (N-methyl/N-ethyl adjacent to an activating group) is 1. The summed E-state index contributed by atoms with van der Waals surface area (Å²) >= 11 is 0. The fourth-order valence-corrected chi connectivity index (χ4v) is 7.45. The fraction of sp³-hybridized carbons (Fsp3) is 0.571. The average molecular weight is 573 g/mol. The van der Waals surface area contributed by atoms with E-state index in [1.165, 1.54) is 92.4 Å². The molecule has 2 aromatic carbocycles. The Kier molecular flexibility index (Phi) is 9.06. The molecule has 1 saturated heterocycles. The Bertz CT molecular complexity index is 1380. The van der Waals surface area contributed by atoms with Gasteiger partial charge >= 0.3 is 5.97 Å². The Balaban J connectivity index is 1.38. The van der Waals surface area contributed by atoms with Crippen molar-refractivity contribution in [3.05, 3.63) is 47.5 Å². The number of carboxylic acid groups (broad SMARTS) is 1. The van der Waals surface area contributed by atoms with Gasteiger partial charge in [-0.05, 0) is 95.0 Å². The summed E-state index contributed by atoms with van der Waals surface area (Å²) in [5, 5.41) is 11.1. The minimum atomic E-state index is -0.865. The lowest BCUT2D eigenvalue weighted by molar-refractivity contribution is 0.0697. The quantitative estimate of drug-likeness (QED) is 0.273. The standard InChI is InChI=1S/C35H48N4O3/c1-36(2)19-20-38-21-22-39-32-24-27(35(40)41)12-14-29(32)33(26-10-5-3-6-11-26)34(39)30-15-13-28(25-31(30)38)42-23-9-18-37-16-7-4-8-17-37/h12-15,24-26H,3-11,16-23H2,1-2H3,(H,40,41). The molecule has 0 radical (unpaired) electrons. The molecule has 1 aliphatic carbocycles. The second-order valence-electron chi connectivity index (χ2n) is 12.9. The number of hydrogen-bond donors (Lipinski definition) is 1. The highest BCUT2D eigenvalue weighted by molar-refractivity contribution is 5.99. The van der Waals surface area contributed by atoms with Crippen LogP contribution in [-0.4, -0.2) is 85.4 Å². The topological polar surface area (TPSA) is 61.2 Å². The summed E-state index contributed by atoms with van der Waals surface area (Å²) in [6, 6.07) is 12.5. The van der Waals surface area contributed by atoms with Gasteiger partial charge in [0.15, 0.2) is 0 Å². The number of carboxylic acids is 1. The van der Waals surface area contributed by atoms with E-state index in [0.29, 0.717) is 11.5 Å². The molecule has 7 nitrogen and oxygen atoms in total. The molecule has 0 spiro atoms. The maximum Gasteiger partial charge on any atom is 0.335 e. The number of anilines is 1. The van der Waals surface area contributed by atoms with E-state index in [1.807, 2.05) is 6.07 Å². The molecule has 0 amide bonds. The third kappa shape index (κ3) is 6.18. The van der Waals surface area contributed by atoms with Crippen molar-refractivity contribution in [1.82, 2.24) is 14.4 Å². The number of fused-ring (bicyclic) bond motifs is 5. The molecule has 3 aromatic rings. The van der Waals surface area contributed by atoms with Gasteiger partial charge in [0.1, 0.15) is 5.75 Å². The molecule has 0 bridgehead atoms. The van der Waals surface area contributed by atoms with Gasteiger partial charge in [0.2, 0.25) is 0 Å². The molecule has 3 heterocycles. The van der Waals surface area contributed by atoms with Crippen LogP contribution in [0.15, 0.2) is 36.4 Å². The van der Waals surface area contributed by atoms with Crippen LogP contribution in [0.5, 0.6) is 5.75 Å². The molecular formula is C35H48N4O3. The van der Waals surface area contributed by atoms with Gasteiger partial charge in [0.25, 0.3) is 0 Å². The molecule has 2 aliphatic heterocycles. The minimum absolute atomic E-state index is 0.361. The number of nitrogens with zero attached hydrogens (tertiary/aromatic N) is 4. The smallest absolute Gasteiger partial charge is 0.335 e. The molecule has 0 atom stereocenters. The van der Waals surface area contributed by atoms with Gasteiger partial charge in [-0.25, -0.2) is 4.79 Å². The summed E-state index contributed by atoms with van der Waals surface area (Å²) in [6.45, 7) is 7.90. The third-order valence-corrected chi connectivity index (χ3v) is 9.68. The van der Waals surface area contributed by atoms with E-state index in [4.69, 9.17) is 4.74 Å². The van der Waals surface area contributed by atoms with Crippen LogP contribution in [0, 0.1) is 0 Å². The predicted molar refractivity (Wildman–Crippen MR) is 171 cm³/mol. The monoisotopic (exact) mass is 572 g/mol. The van der Waals surface area contributed by atoms with Crippen LogP contribution in [0.25, 0.3) is 22.2 Å². The summed E-state index contributed by atoms with van der Waals surface area (Å²) in [4.78, 5) is 19.3. The molecule has 1 saturated carbocycles. The number of aromatic carboxylic acids is 1. The van der Waals surface area contributed by atoms with Crippen molar-refractivity contribution in [1.29, 1.82) is 0 Å². The minimum Gasteiger partial charge on any atom is -0.493 e. The number of likely N-dealkylation sites (tertiary alicyclic amines) is 1. The third-order valence-electron chi connectivity index (χ3n) is 9.68. The summed E-state index contributed by atoms with van der Waals surface area (Å²) in [7, 11) is 4.26. The zero-order valence-electron chi connectivity index (χ0n) is 25.6. The van der Waals surface area contributed by atoms with Gasteiger partial charge in [-0.15, -0.1) is 0 Å². The van der Waals surface area contributed by atoms with Crippen molar-refractivity contribution in [3.8, 4) is 17.0 Å². The first-order chi connectivity index (χ1) is 20.5. The van der Waals surface area contributed by atoms with E-state index in [2.05, 4.69) is 57.6 Å². The van der Waals surface area contributed by atoms with E-state index in [9.17, 15) is 9.90 Å². The van der Waals surface area contributed by atoms with Crippen molar-refractivity contribution >= 4 is 22.6 Å². The molecule has 0 unspecified atom stereocenters. The Morgan fingerprint density at radius 3 is 2.48 bits per heavy atom. The summed E-state index contributed by atoms with van der Waals surface area (Å²) < 4.78 is 8.81. The number of piperidine rings is 1. The predicted octanol–water partition coefficient (Wildman–Crippen LogP) is 6.69. The lowest BCUT2D eigenvalue weighted by atomic mass is 9.81. The first-order valence-corrected chi connectivity index (χ1v) is 16.3. The van der Waals surface area contributed by atoms with E-state index >= 15 is 0 Å². The molecule has 42 heavy (non-hydrogen) atoms. The molecule has 2 fully saturated rings. The largest absolute Gasteiger partial charge is 0.493 e. The van der Waals surface area contributed by atoms with Crippen molar-refractivity contribution in [3.63, 3.8) is 0 Å². The van der Waals surface area contributed by atoms with Crippen LogP contribution >= 0.6 is 0 Å². The van der Waals surface area contributed by atoms with Crippen LogP contribution in [0.1, 0.15) is 79.6 Å². The Morgan fingerprint density at radius 1 is 0.929 bits per heavy atom. The van der Waals surface area contributed by atoms with Crippen LogP contribution in [0.3, 0.4) is 0 Å². The zero-order chi connectivity index (χ0) is 29.1. The number of rotatable bonds is 10. The number of carbonyl (C=O) groups is 1. The maximum atomic E-state index is 12.0. The van der Waals surface area contributed by atoms with Crippen LogP contribution in [0.4, 0.5) is 5.69 Å². The number of ether oxygens (including phenoxy) is 1. The fourth-order valence-electron chi connectivity index (χ4n) is 7.45. The lowest BCUT2D eigenvalue weighted by Gasteiger charge is -2.28. The number of aromatic nitrogens is 1. The van der Waals surface area contributed by atoms with Gasteiger partial charge in [-0.1, -0.05) is 31.7 Å². The molecular weight excluding hydrogens is 524 g/mol. The van der Waals surface area contributed by atoms with Gasteiger partial charge in [-0.2, -0.15) is 0 Å². The van der Waals surface area contributed by atoms with Gasteiger partial charge in [0.05, 0.1) is 17.9 Å². The first kappa shape index (κ1) is 29.1. The van der Waals surface area contributed by atoms with Crippen molar-refractivity contribution in [2.75, 3.05) is 64.9 Å². The molecule has 1 aromatic heterocycles. The van der Waals surface area contributed by atoms with E-state index in [-0.39, 0.29) is 0 Å². The number of hydrogen-bond acceptors (Lipinski definition) is 5. The highest BCUT2D eigenvalue weighted by atomic mass is 16.5. The van der Waals surface area contributed by atoms with Gasteiger partial charge < -0.3 is 29.1 Å². The second-order valence-corrected chi connectivity index (χ2v) is 12.9. The SMILES string of the molecule is CN(C)CCN1CCn2c(c(C3CCCCC3)c3ccc(C(=O)O)cc32)-c2ccc(OCCCN3CCCCC3)cc21. The van der Waals surface area contributed by atoms with Gasteiger partial charge in [0, 0.05) is 60.9 Å². The molecule has 3 aliphatic rings. The van der Waals surface area contributed by atoms with Crippen LogP contribution in [0.2, 0.25) is 0 Å². The average Bonchev–Trinajstić information content (AvgIpc) is 3.24. The number of benzene rings is 2. The normalized spacial score (nSPS) is 18.2. The molecule has 226 valence electrons. The lowest BCUT2D eigenvalue weighted by Crippen LogP contribution is -2.33. The Morgan fingerprint density at radius 2 is 1.71 bits per heavy atom. The Hall–Kier alpha value is -3.03. The molecule has 7 heteroatoms. The van der Waals surface area contributed by atoms with Crippen molar-refractivity contribution < 1.29 is 14.6 Å². The van der Waals surface area contributed by atoms with E-state index < -0.39 is 5.97 Å². The molecule has 6 rings (SSSR count). The highest BCUT2D eigenvalue weighted by Gasteiger charge is 2.31. The summed E-state index contributed by atoms with van der Waals surface area (Å²) in [5.41, 5.74) is 6.62. The van der Waals surface area contributed by atoms with Gasteiger partial charge in [-0.3, -0.25) is 0 Å². The van der Waals surface area contributed by atoms with Crippen molar-refractivity contribution in [2.24, 2.45) is 0 Å². The Labute approximate surface area is 251 Å². The van der Waals surface area contributed by atoms with Crippen LogP contribution < -0.4 is 9.64 Å². The maximum absolute atomic E-state index is 12.0. The second kappa shape index (κ2) is 13.1.